The van der Waals surface area contributed by atoms with Gasteiger partial charge in [0.15, 0.2) is 0 Å². The molecule has 200 valence electrons. The summed E-state index contributed by atoms with van der Waals surface area (Å²) >= 11 is 6.57. The Labute approximate surface area is 237 Å². The molecule has 2 aromatic carbocycles. The van der Waals surface area contributed by atoms with Crippen LogP contribution in [0.3, 0.4) is 0 Å². The molecule has 0 aliphatic carbocycles. The molecule has 0 amide bonds. The molecular weight excluding hydrogens is 588 g/mol. The lowest BCUT2D eigenvalue weighted by Crippen LogP contribution is -2.42. The molecule has 0 spiro atoms. The fourth-order valence-corrected chi connectivity index (χ4v) is 6.88. The van der Waals surface area contributed by atoms with Gasteiger partial charge in [0.05, 0.1) is 25.1 Å². The molecule has 0 N–H and O–H groups in total. The van der Waals surface area contributed by atoms with Crippen molar-refractivity contribution in [3.8, 4) is 16.2 Å². The first-order valence-electron chi connectivity index (χ1n) is 12.3. The molecule has 38 heavy (non-hydrogen) atoms. The van der Waals surface area contributed by atoms with Crippen molar-refractivity contribution in [3.63, 3.8) is 0 Å². The summed E-state index contributed by atoms with van der Waals surface area (Å²) in [7, 11) is 0. The van der Waals surface area contributed by atoms with Gasteiger partial charge in [-0.2, -0.15) is 0 Å². The molecule has 4 aromatic rings. The number of ether oxygens (including phenoxy) is 2. The zero-order valence-corrected chi connectivity index (χ0v) is 24.7. The maximum absolute atomic E-state index is 13.7. The number of carbonyl (C=O) groups is 1. The molecule has 0 bridgehead atoms. The lowest BCUT2D eigenvalue weighted by atomic mass is 10.1. The molecular formula is C28H29BrN2O5S2. The highest BCUT2D eigenvalue weighted by Gasteiger charge is 2.24. The van der Waals surface area contributed by atoms with Crippen LogP contribution in [0.4, 0.5) is 0 Å². The molecule has 7 nitrogen and oxygen atoms in total. The second-order valence-corrected chi connectivity index (χ2v) is 10.9. The number of esters is 1. The van der Waals surface area contributed by atoms with E-state index in [9.17, 15) is 14.4 Å². The summed E-state index contributed by atoms with van der Waals surface area (Å²) in [6.45, 7) is 4.37. The van der Waals surface area contributed by atoms with E-state index < -0.39 is 23.8 Å². The van der Waals surface area contributed by atoms with E-state index >= 15 is 0 Å². The van der Waals surface area contributed by atoms with Crippen molar-refractivity contribution >= 4 is 55.2 Å². The minimum atomic E-state index is -0.624. The maximum atomic E-state index is 13.7. The maximum Gasteiger partial charge on any atom is 0.332 e. The number of carbonyl (C=O) groups excluding carboxylic acids is 1. The zero-order valence-electron chi connectivity index (χ0n) is 21.5. The highest BCUT2D eigenvalue weighted by Crippen LogP contribution is 2.39. The van der Waals surface area contributed by atoms with Gasteiger partial charge in [0.25, 0.3) is 5.56 Å². The van der Waals surface area contributed by atoms with E-state index in [0.717, 1.165) is 43.2 Å². The number of alkyl halides is 1. The number of fused-ring (bicyclic) bond motifs is 1. The molecule has 2 aromatic heterocycles. The highest BCUT2D eigenvalue weighted by atomic mass is 79.9. The SMILES string of the molecule is CCCOc1ccc(-c2sc3c(c2CBr)c(=O)n(CC(=O)OCC)c(=O)n3Cc2ccccc2SC)cc1. The largest absolute Gasteiger partial charge is 0.494 e. The van der Waals surface area contributed by atoms with Gasteiger partial charge in [0.1, 0.15) is 17.1 Å². The first-order valence-corrected chi connectivity index (χ1v) is 15.4. The fraction of sp³-hybridized carbons (Fsp3) is 0.321. The number of hydrogen-bond acceptors (Lipinski definition) is 7. The van der Waals surface area contributed by atoms with Gasteiger partial charge in [-0.3, -0.25) is 14.2 Å². The minimum absolute atomic E-state index is 0.165. The number of thiophene rings is 1. The fourth-order valence-electron chi connectivity index (χ4n) is 4.22. The monoisotopic (exact) mass is 616 g/mol. The topological polar surface area (TPSA) is 79.5 Å². The Morgan fingerprint density at radius 1 is 1.05 bits per heavy atom. The predicted octanol–water partition coefficient (Wildman–Crippen LogP) is 5.91. The first-order chi connectivity index (χ1) is 18.4. The average Bonchev–Trinajstić information content (AvgIpc) is 3.32. The van der Waals surface area contributed by atoms with Crippen molar-refractivity contribution < 1.29 is 14.3 Å². The van der Waals surface area contributed by atoms with E-state index in [1.54, 1.807) is 23.3 Å². The zero-order chi connectivity index (χ0) is 27.2. The second kappa shape index (κ2) is 12.8. The van der Waals surface area contributed by atoms with Crippen LogP contribution < -0.4 is 16.0 Å². The van der Waals surface area contributed by atoms with Gasteiger partial charge < -0.3 is 9.47 Å². The van der Waals surface area contributed by atoms with Crippen molar-refractivity contribution in [3.05, 3.63) is 80.5 Å². The summed E-state index contributed by atoms with van der Waals surface area (Å²) in [5.74, 6) is 0.153. The second-order valence-electron chi connectivity index (χ2n) is 8.47. The Morgan fingerprint density at radius 2 is 1.79 bits per heavy atom. The molecule has 0 unspecified atom stereocenters. The Balaban J connectivity index is 1.95. The van der Waals surface area contributed by atoms with E-state index in [2.05, 4.69) is 22.9 Å². The van der Waals surface area contributed by atoms with Crippen LogP contribution in [-0.4, -0.2) is 34.6 Å². The summed E-state index contributed by atoms with van der Waals surface area (Å²) in [5.41, 5.74) is 1.62. The van der Waals surface area contributed by atoms with Crippen LogP contribution in [0.15, 0.2) is 63.0 Å². The average molecular weight is 618 g/mol. The van der Waals surface area contributed by atoms with E-state index in [0.29, 0.717) is 22.2 Å². The van der Waals surface area contributed by atoms with Crippen molar-refractivity contribution in [1.29, 1.82) is 0 Å². The number of benzene rings is 2. The number of rotatable bonds is 11. The molecule has 0 aliphatic heterocycles. The number of hydrogen-bond donors (Lipinski definition) is 0. The van der Waals surface area contributed by atoms with Crippen molar-refractivity contribution in [2.45, 2.75) is 43.6 Å². The van der Waals surface area contributed by atoms with E-state index in [1.165, 1.54) is 11.3 Å². The lowest BCUT2D eigenvalue weighted by molar-refractivity contribution is -0.143. The van der Waals surface area contributed by atoms with Crippen LogP contribution in [0.2, 0.25) is 0 Å². The number of thioether (sulfide) groups is 1. The van der Waals surface area contributed by atoms with Crippen LogP contribution in [0.5, 0.6) is 5.75 Å². The van der Waals surface area contributed by atoms with Crippen molar-refractivity contribution in [2.24, 2.45) is 0 Å². The summed E-state index contributed by atoms with van der Waals surface area (Å²) in [6, 6.07) is 15.6. The smallest absolute Gasteiger partial charge is 0.332 e. The minimum Gasteiger partial charge on any atom is -0.494 e. The summed E-state index contributed by atoms with van der Waals surface area (Å²) in [4.78, 5) is 42.3. The third-order valence-corrected chi connectivity index (χ3v) is 8.69. The van der Waals surface area contributed by atoms with Gasteiger partial charge in [-0.25, -0.2) is 9.36 Å². The normalized spacial score (nSPS) is 11.2. The van der Waals surface area contributed by atoms with Crippen molar-refractivity contribution in [1.82, 2.24) is 9.13 Å². The predicted molar refractivity (Wildman–Crippen MR) is 158 cm³/mol. The molecule has 0 radical (unpaired) electrons. The van der Waals surface area contributed by atoms with Crippen LogP contribution in [0.25, 0.3) is 20.7 Å². The molecule has 0 aliphatic rings. The van der Waals surface area contributed by atoms with E-state index in [-0.39, 0.29) is 13.2 Å². The molecule has 0 fully saturated rings. The third-order valence-electron chi connectivity index (χ3n) is 5.99. The highest BCUT2D eigenvalue weighted by molar-refractivity contribution is 9.08. The quantitative estimate of drug-likeness (QED) is 0.118. The molecule has 0 saturated carbocycles. The molecule has 0 saturated heterocycles. The van der Waals surface area contributed by atoms with Crippen LogP contribution >= 0.6 is 39.0 Å². The Hall–Kier alpha value is -2.82. The van der Waals surface area contributed by atoms with Gasteiger partial charge in [-0.1, -0.05) is 41.1 Å². The molecule has 4 rings (SSSR count). The number of aromatic nitrogens is 2. The first kappa shape index (κ1) is 28.2. The lowest BCUT2D eigenvalue weighted by Gasteiger charge is -2.14. The molecule has 2 heterocycles. The molecule has 0 atom stereocenters. The Bertz CT molecular complexity index is 1560. The van der Waals surface area contributed by atoms with Crippen LogP contribution in [0, 0.1) is 0 Å². The summed E-state index contributed by atoms with van der Waals surface area (Å²) in [5, 5.41) is 0.837. The number of halogens is 1. The van der Waals surface area contributed by atoms with Gasteiger partial charge >= 0.3 is 11.7 Å². The van der Waals surface area contributed by atoms with Crippen molar-refractivity contribution in [2.75, 3.05) is 19.5 Å². The Kier molecular flexibility index (Phi) is 9.51. The van der Waals surface area contributed by atoms with Gasteiger partial charge in [0, 0.05) is 15.1 Å². The van der Waals surface area contributed by atoms with Gasteiger partial charge in [-0.15, -0.1) is 23.1 Å². The van der Waals surface area contributed by atoms with E-state index in [4.69, 9.17) is 9.47 Å². The van der Waals surface area contributed by atoms with Crippen LogP contribution in [-0.2, 0) is 28.0 Å². The summed E-state index contributed by atoms with van der Waals surface area (Å²) < 4.78 is 13.4. The molecule has 10 heteroatoms. The van der Waals surface area contributed by atoms with Gasteiger partial charge in [-0.05, 0) is 66.6 Å². The number of nitrogens with zero attached hydrogens (tertiary/aromatic N) is 2. The Morgan fingerprint density at radius 3 is 2.45 bits per heavy atom. The van der Waals surface area contributed by atoms with Gasteiger partial charge in [0.2, 0.25) is 0 Å². The third kappa shape index (κ3) is 5.77. The summed E-state index contributed by atoms with van der Waals surface area (Å²) in [6.07, 6.45) is 2.90. The van der Waals surface area contributed by atoms with Crippen LogP contribution in [0.1, 0.15) is 31.4 Å². The van der Waals surface area contributed by atoms with E-state index in [1.807, 2.05) is 54.8 Å². The standard InChI is InChI=1S/C28H29BrN2O5S2/c1-4-14-36-20-12-10-18(11-13-20)25-21(15-29)24-26(33)30(17-23(32)35-5-2)28(34)31(27(24)38-25)16-19-8-6-7-9-22(19)37-3/h6-13H,4-5,14-17H2,1-3H3.